The molecule has 1 aromatic rings. The van der Waals surface area contributed by atoms with Gasteiger partial charge in [-0.05, 0) is 36.1 Å². The Morgan fingerprint density at radius 3 is 2.53 bits per heavy atom. The summed E-state index contributed by atoms with van der Waals surface area (Å²) in [6.07, 6.45) is 0.983. The third-order valence-corrected chi connectivity index (χ3v) is 3.22. The molecule has 0 aliphatic heterocycles. The second kappa shape index (κ2) is 5.09. The van der Waals surface area contributed by atoms with Crippen LogP contribution in [0.25, 0.3) is 0 Å². The summed E-state index contributed by atoms with van der Waals surface area (Å²) in [7, 11) is 1.44. The van der Waals surface area contributed by atoms with E-state index in [-0.39, 0.29) is 17.4 Å². The maximum absolute atomic E-state index is 11.8. The van der Waals surface area contributed by atoms with Gasteiger partial charge in [0, 0.05) is 13.0 Å². The van der Waals surface area contributed by atoms with Crippen LogP contribution in [0.5, 0.6) is 0 Å². The van der Waals surface area contributed by atoms with E-state index in [0.29, 0.717) is 12.8 Å². The zero-order valence-corrected chi connectivity index (χ0v) is 10.4. The molecule has 0 unspecified atom stereocenters. The first-order valence-corrected chi connectivity index (χ1v) is 5.89. The number of amides is 3. The molecule has 1 aliphatic carbocycles. The van der Waals surface area contributed by atoms with Gasteiger partial charge in [-0.2, -0.15) is 0 Å². The highest BCUT2D eigenvalue weighted by atomic mass is 16.4. The van der Waals surface area contributed by atoms with Crippen molar-refractivity contribution in [1.82, 2.24) is 10.6 Å². The van der Waals surface area contributed by atoms with Crippen LogP contribution in [0.2, 0.25) is 0 Å². The molecule has 0 bridgehead atoms. The molecule has 3 N–H and O–H groups in total. The quantitative estimate of drug-likeness (QED) is 0.725. The number of carboxylic acid groups (broad SMARTS) is 1. The Bertz CT molecular complexity index is 554. The molecule has 100 valence electrons. The summed E-state index contributed by atoms with van der Waals surface area (Å²) in [5.41, 5.74) is 2.03. The molecule has 0 saturated heterocycles. The number of urea groups is 1. The van der Waals surface area contributed by atoms with Gasteiger partial charge in [-0.15, -0.1) is 0 Å². The van der Waals surface area contributed by atoms with E-state index in [9.17, 15) is 14.4 Å². The van der Waals surface area contributed by atoms with E-state index in [4.69, 9.17) is 5.11 Å². The lowest BCUT2D eigenvalue weighted by Gasteiger charge is -2.08. The number of rotatable bonds is 2. The van der Waals surface area contributed by atoms with Gasteiger partial charge in [-0.1, -0.05) is 6.07 Å². The molecule has 2 rings (SSSR count). The first-order chi connectivity index (χ1) is 9.01. The van der Waals surface area contributed by atoms with E-state index in [1.54, 1.807) is 12.1 Å². The fourth-order valence-corrected chi connectivity index (χ4v) is 2.21. The van der Waals surface area contributed by atoms with Crippen molar-refractivity contribution < 1.29 is 19.5 Å². The van der Waals surface area contributed by atoms with Gasteiger partial charge in [0.1, 0.15) is 0 Å². The van der Waals surface area contributed by atoms with E-state index in [1.807, 2.05) is 0 Å². The van der Waals surface area contributed by atoms with Gasteiger partial charge >= 0.3 is 12.0 Å². The third kappa shape index (κ3) is 2.73. The van der Waals surface area contributed by atoms with Gasteiger partial charge in [-0.3, -0.25) is 10.1 Å². The molecule has 0 saturated carbocycles. The summed E-state index contributed by atoms with van der Waals surface area (Å²) >= 11 is 0. The number of nitrogens with one attached hydrogen (secondary N) is 2. The maximum atomic E-state index is 11.8. The monoisotopic (exact) mass is 262 g/mol. The van der Waals surface area contributed by atoms with Crippen LogP contribution in [-0.4, -0.2) is 30.1 Å². The van der Waals surface area contributed by atoms with Crippen LogP contribution in [0.15, 0.2) is 18.2 Å². The minimum atomic E-state index is -0.985. The second-order valence-corrected chi connectivity index (χ2v) is 4.46. The highest BCUT2D eigenvalue weighted by molar-refractivity contribution is 5.96. The Morgan fingerprint density at radius 1 is 1.21 bits per heavy atom. The summed E-state index contributed by atoms with van der Waals surface area (Å²) in [5, 5.41) is 13.5. The van der Waals surface area contributed by atoms with Crippen molar-refractivity contribution in [1.29, 1.82) is 0 Å². The lowest BCUT2D eigenvalue weighted by atomic mass is 10.1. The Labute approximate surface area is 109 Å². The number of carbonyl (C=O) groups is 3. The fourth-order valence-electron chi connectivity index (χ4n) is 2.21. The predicted octanol–water partition coefficient (Wildman–Crippen LogP) is 0.555. The number of aromatic carboxylic acids is 1. The molecular weight excluding hydrogens is 248 g/mol. The largest absolute Gasteiger partial charge is 0.478 e. The van der Waals surface area contributed by atoms with Gasteiger partial charge < -0.3 is 10.4 Å². The molecule has 0 spiro atoms. The van der Waals surface area contributed by atoms with Crippen molar-refractivity contribution in [2.75, 3.05) is 7.05 Å². The van der Waals surface area contributed by atoms with Crippen LogP contribution in [0.4, 0.5) is 4.79 Å². The third-order valence-electron chi connectivity index (χ3n) is 3.22. The number of carboxylic acids is 1. The van der Waals surface area contributed by atoms with Crippen molar-refractivity contribution in [2.45, 2.75) is 12.8 Å². The maximum Gasteiger partial charge on any atom is 0.335 e. The summed E-state index contributed by atoms with van der Waals surface area (Å²) in [6.45, 7) is 0. The Hall–Kier alpha value is -2.37. The predicted molar refractivity (Wildman–Crippen MR) is 66.9 cm³/mol. The molecular formula is C13H14N2O4. The number of hydrogen-bond acceptors (Lipinski definition) is 3. The van der Waals surface area contributed by atoms with Crippen LogP contribution in [-0.2, 0) is 17.6 Å². The molecule has 6 heteroatoms. The van der Waals surface area contributed by atoms with Gasteiger partial charge in [0.05, 0.1) is 5.56 Å². The number of benzene rings is 1. The number of imide groups is 1. The first-order valence-electron chi connectivity index (χ1n) is 5.89. The molecule has 1 aliphatic rings. The van der Waals surface area contributed by atoms with Crippen molar-refractivity contribution in [3.05, 3.63) is 34.9 Å². The summed E-state index contributed by atoms with van der Waals surface area (Å²) < 4.78 is 0. The summed E-state index contributed by atoms with van der Waals surface area (Å²) in [5.74, 6) is -1.65. The van der Waals surface area contributed by atoms with E-state index in [2.05, 4.69) is 10.6 Å². The lowest BCUT2D eigenvalue weighted by Crippen LogP contribution is -2.41. The van der Waals surface area contributed by atoms with Gasteiger partial charge in [0.2, 0.25) is 5.91 Å². The molecule has 1 atom stereocenters. The Kier molecular flexibility index (Phi) is 3.50. The second-order valence-electron chi connectivity index (χ2n) is 4.46. The molecule has 0 fully saturated rings. The Balaban J connectivity index is 2.09. The van der Waals surface area contributed by atoms with Crippen molar-refractivity contribution in [2.24, 2.45) is 5.92 Å². The lowest BCUT2D eigenvalue weighted by molar-refractivity contribution is -0.123. The zero-order valence-electron chi connectivity index (χ0n) is 10.4. The summed E-state index contributed by atoms with van der Waals surface area (Å²) in [4.78, 5) is 33.8. The Morgan fingerprint density at radius 2 is 1.89 bits per heavy atom. The highest BCUT2D eigenvalue weighted by Gasteiger charge is 2.28. The zero-order chi connectivity index (χ0) is 14.0. The number of carbonyl (C=O) groups excluding carboxylic acids is 2. The van der Waals surface area contributed by atoms with Crippen LogP contribution in [0.3, 0.4) is 0 Å². The molecule has 0 aromatic heterocycles. The van der Waals surface area contributed by atoms with Crippen molar-refractivity contribution in [3.63, 3.8) is 0 Å². The topological polar surface area (TPSA) is 95.5 Å². The molecule has 6 nitrogen and oxygen atoms in total. The van der Waals surface area contributed by atoms with Gasteiger partial charge in [0.15, 0.2) is 0 Å². The van der Waals surface area contributed by atoms with Crippen LogP contribution in [0.1, 0.15) is 21.5 Å². The molecule has 1 aromatic carbocycles. The van der Waals surface area contributed by atoms with Crippen LogP contribution < -0.4 is 10.6 Å². The van der Waals surface area contributed by atoms with E-state index in [1.165, 1.54) is 13.1 Å². The first kappa shape index (κ1) is 13.1. The van der Waals surface area contributed by atoms with Crippen LogP contribution >= 0.6 is 0 Å². The van der Waals surface area contributed by atoms with Crippen molar-refractivity contribution in [3.8, 4) is 0 Å². The van der Waals surface area contributed by atoms with Crippen molar-refractivity contribution >= 4 is 17.9 Å². The van der Waals surface area contributed by atoms with Gasteiger partial charge in [0.25, 0.3) is 0 Å². The molecule has 0 heterocycles. The van der Waals surface area contributed by atoms with E-state index >= 15 is 0 Å². The van der Waals surface area contributed by atoms with E-state index in [0.717, 1.165) is 11.1 Å². The fraction of sp³-hybridized carbons (Fsp3) is 0.308. The van der Waals surface area contributed by atoms with Gasteiger partial charge in [-0.25, -0.2) is 9.59 Å². The minimum Gasteiger partial charge on any atom is -0.478 e. The SMILES string of the molecule is CNC(=O)NC(=O)[C@@H]1Cc2ccc(C(=O)O)cc2C1. The van der Waals surface area contributed by atoms with E-state index < -0.39 is 12.0 Å². The molecule has 0 radical (unpaired) electrons. The minimum absolute atomic E-state index is 0.214. The number of fused-ring (bicyclic) bond motifs is 1. The molecule has 19 heavy (non-hydrogen) atoms. The summed E-state index contributed by atoms with van der Waals surface area (Å²) in [6, 6.07) is 4.31. The molecule has 3 amide bonds. The normalized spacial score (nSPS) is 16.6. The highest BCUT2D eigenvalue weighted by Crippen LogP contribution is 2.27. The number of hydrogen-bond donors (Lipinski definition) is 3. The smallest absolute Gasteiger partial charge is 0.335 e. The average Bonchev–Trinajstić information content (AvgIpc) is 2.81. The standard InChI is InChI=1S/C13H14N2O4/c1-14-13(19)15-11(16)10-4-7-2-3-8(12(17)18)5-9(7)6-10/h2-3,5,10H,4,6H2,1H3,(H,17,18)(H2,14,15,16,19)/t10-/m1/s1. The average molecular weight is 262 g/mol. The van der Waals surface area contributed by atoms with Crippen LogP contribution in [0, 0.1) is 5.92 Å².